The third-order valence-corrected chi connectivity index (χ3v) is 7.70. The van der Waals surface area contributed by atoms with Crippen molar-refractivity contribution in [1.29, 1.82) is 0 Å². The van der Waals surface area contributed by atoms with Crippen molar-refractivity contribution in [1.82, 2.24) is 19.7 Å². The molecule has 1 heterocycles. The number of hydrogen-bond donors (Lipinski definition) is 0. The Morgan fingerprint density at radius 2 is 1.54 bits per heavy atom. The first-order chi connectivity index (χ1) is 19.1. The number of halogens is 1. The molecule has 7 heteroatoms. The van der Waals surface area contributed by atoms with Crippen molar-refractivity contribution in [2.24, 2.45) is 0 Å². The Bertz CT molecular complexity index is 1450. The fourth-order valence-corrected chi connectivity index (χ4v) is 5.70. The largest absolute Gasteiger partial charge is 0.383 e. The summed E-state index contributed by atoms with van der Waals surface area (Å²) in [5.41, 5.74) is 5.10. The molecule has 0 bridgehead atoms. The van der Waals surface area contributed by atoms with Crippen LogP contribution in [0.1, 0.15) is 21.9 Å². The lowest BCUT2D eigenvalue weighted by Crippen LogP contribution is -2.22. The molecular weight excluding hydrogens is 507 g/mol. The van der Waals surface area contributed by atoms with Gasteiger partial charge in [0.2, 0.25) is 0 Å². The number of ether oxygens (including phenoxy) is 1. The zero-order valence-electron chi connectivity index (χ0n) is 22.1. The van der Waals surface area contributed by atoms with Crippen LogP contribution in [0.25, 0.3) is 17.1 Å². The lowest BCUT2D eigenvalue weighted by Gasteiger charge is -2.19. The molecule has 5 rings (SSSR count). The number of thioether (sulfide) groups is 1. The van der Waals surface area contributed by atoms with E-state index in [1.165, 1.54) is 23.3 Å². The molecule has 0 spiro atoms. The van der Waals surface area contributed by atoms with Crippen LogP contribution in [-0.4, -0.2) is 47.0 Å². The van der Waals surface area contributed by atoms with Crippen LogP contribution in [0.5, 0.6) is 0 Å². The van der Waals surface area contributed by atoms with Gasteiger partial charge in [-0.25, -0.2) is 4.39 Å². The maximum atomic E-state index is 14.3. The van der Waals surface area contributed by atoms with Crippen LogP contribution in [0.4, 0.5) is 4.39 Å². The van der Waals surface area contributed by atoms with E-state index in [1.807, 2.05) is 28.8 Å². The van der Waals surface area contributed by atoms with E-state index in [9.17, 15) is 4.39 Å². The Balaban J connectivity index is 1.59. The van der Waals surface area contributed by atoms with E-state index in [0.29, 0.717) is 18.0 Å². The van der Waals surface area contributed by atoms with Crippen LogP contribution in [0, 0.1) is 5.82 Å². The molecular formula is C32H31FN4OS. The first kappa shape index (κ1) is 26.8. The van der Waals surface area contributed by atoms with Crippen molar-refractivity contribution in [3.05, 3.63) is 132 Å². The summed E-state index contributed by atoms with van der Waals surface area (Å²) < 4.78 is 21.6. The molecule has 0 aliphatic heterocycles. The summed E-state index contributed by atoms with van der Waals surface area (Å²) in [6, 6.07) is 35.7. The van der Waals surface area contributed by atoms with Gasteiger partial charge in [0.1, 0.15) is 5.82 Å². The third-order valence-electron chi connectivity index (χ3n) is 6.44. The van der Waals surface area contributed by atoms with E-state index >= 15 is 0 Å². The summed E-state index contributed by atoms with van der Waals surface area (Å²) in [6.07, 6.45) is 0. The second-order valence-corrected chi connectivity index (χ2v) is 10.4. The monoisotopic (exact) mass is 538 g/mol. The van der Waals surface area contributed by atoms with Gasteiger partial charge in [0.25, 0.3) is 0 Å². The van der Waals surface area contributed by atoms with Crippen LogP contribution in [0.15, 0.2) is 114 Å². The molecule has 0 aliphatic carbocycles. The quantitative estimate of drug-likeness (QED) is 0.169. The highest BCUT2D eigenvalue weighted by Crippen LogP contribution is 2.41. The second-order valence-electron chi connectivity index (χ2n) is 9.37. The molecule has 5 aromatic rings. The Kier molecular flexibility index (Phi) is 8.83. The second kappa shape index (κ2) is 12.8. The molecule has 39 heavy (non-hydrogen) atoms. The number of nitrogens with zero attached hydrogens (tertiary/aromatic N) is 4. The van der Waals surface area contributed by atoms with Gasteiger partial charge in [-0.05, 0) is 48.0 Å². The molecule has 4 aromatic carbocycles. The fraction of sp³-hybridized carbons (Fsp3) is 0.188. The van der Waals surface area contributed by atoms with Gasteiger partial charge in [-0.2, -0.15) is 0 Å². The van der Waals surface area contributed by atoms with Crippen molar-refractivity contribution in [2.75, 3.05) is 27.3 Å². The average molecular weight is 539 g/mol. The molecule has 1 aromatic heterocycles. The molecule has 0 saturated carbocycles. The number of aromatic nitrogens is 3. The van der Waals surface area contributed by atoms with Crippen LogP contribution in [0.3, 0.4) is 0 Å². The van der Waals surface area contributed by atoms with E-state index in [1.54, 1.807) is 24.9 Å². The number of rotatable bonds is 11. The third kappa shape index (κ3) is 6.63. The molecule has 0 atom stereocenters. The van der Waals surface area contributed by atoms with Crippen molar-refractivity contribution in [2.45, 2.75) is 17.0 Å². The summed E-state index contributed by atoms with van der Waals surface area (Å²) in [7, 11) is 3.79. The van der Waals surface area contributed by atoms with Crippen LogP contribution < -0.4 is 0 Å². The Morgan fingerprint density at radius 3 is 2.21 bits per heavy atom. The smallest absolute Gasteiger partial charge is 0.197 e. The standard InChI is InChI=1S/C32H31FN4OS/c1-36(19-20-38-2)23-24-11-9-18-29(21-24)37-31(27-16-10-17-28(33)22-27)34-35-32(37)39-30(25-12-5-3-6-13-25)26-14-7-4-8-15-26/h3-18,21-22,30H,19-20,23H2,1-2H3. The van der Waals surface area contributed by atoms with Gasteiger partial charge in [-0.1, -0.05) is 96.7 Å². The predicted molar refractivity (Wildman–Crippen MR) is 156 cm³/mol. The first-order valence-corrected chi connectivity index (χ1v) is 13.7. The average Bonchev–Trinajstić information content (AvgIpc) is 3.39. The summed E-state index contributed by atoms with van der Waals surface area (Å²) in [6.45, 7) is 2.28. The van der Waals surface area contributed by atoms with Gasteiger partial charge >= 0.3 is 0 Å². The maximum Gasteiger partial charge on any atom is 0.197 e. The molecule has 198 valence electrons. The highest BCUT2D eigenvalue weighted by atomic mass is 32.2. The Labute approximate surface area is 233 Å². The molecule has 0 saturated heterocycles. The normalized spacial score (nSPS) is 11.4. The lowest BCUT2D eigenvalue weighted by atomic mass is 10.0. The zero-order chi connectivity index (χ0) is 27.0. The predicted octanol–water partition coefficient (Wildman–Crippen LogP) is 7.03. The molecule has 0 radical (unpaired) electrons. The highest BCUT2D eigenvalue weighted by Gasteiger charge is 2.23. The van der Waals surface area contributed by atoms with E-state index in [4.69, 9.17) is 4.74 Å². The van der Waals surface area contributed by atoms with Gasteiger partial charge in [0.05, 0.1) is 17.5 Å². The molecule has 0 amide bonds. The topological polar surface area (TPSA) is 43.2 Å². The Hall–Kier alpha value is -3.78. The van der Waals surface area contributed by atoms with Gasteiger partial charge in [0, 0.05) is 25.8 Å². The zero-order valence-corrected chi connectivity index (χ0v) is 22.9. The fourth-order valence-electron chi connectivity index (χ4n) is 4.51. The first-order valence-electron chi connectivity index (χ1n) is 12.9. The molecule has 5 nitrogen and oxygen atoms in total. The van der Waals surface area contributed by atoms with Crippen LogP contribution in [-0.2, 0) is 11.3 Å². The van der Waals surface area contributed by atoms with E-state index in [-0.39, 0.29) is 11.1 Å². The van der Waals surface area contributed by atoms with Gasteiger partial charge in [-0.3, -0.25) is 9.47 Å². The van der Waals surface area contributed by atoms with Crippen LogP contribution >= 0.6 is 11.8 Å². The van der Waals surface area contributed by atoms with Gasteiger partial charge in [0.15, 0.2) is 11.0 Å². The van der Waals surface area contributed by atoms with Crippen molar-refractivity contribution in [3.63, 3.8) is 0 Å². The minimum Gasteiger partial charge on any atom is -0.383 e. The minimum atomic E-state index is -0.309. The SMILES string of the molecule is COCCN(C)Cc1cccc(-n2c(SC(c3ccccc3)c3ccccc3)nnc2-c2cccc(F)c2)c1. The summed E-state index contributed by atoms with van der Waals surface area (Å²) in [4.78, 5) is 2.22. The molecule has 0 N–H and O–H groups in total. The summed E-state index contributed by atoms with van der Waals surface area (Å²) >= 11 is 1.64. The molecule has 0 aliphatic rings. The molecule has 0 unspecified atom stereocenters. The maximum absolute atomic E-state index is 14.3. The van der Waals surface area contributed by atoms with Crippen LogP contribution in [0.2, 0.25) is 0 Å². The summed E-state index contributed by atoms with van der Waals surface area (Å²) in [5.74, 6) is 0.290. The number of methoxy groups -OCH3 is 1. The number of likely N-dealkylation sites (N-methyl/N-ethyl adjacent to an activating group) is 1. The number of benzene rings is 4. The number of hydrogen-bond acceptors (Lipinski definition) is 5. The highest BCUT2D eigenvalue weighted by molar-refractivity contribution is 7.99. The Morgan fingerprint density at radius 1 is 0.846 bits per heavy atom. The van der Waals surface area contributed by atoms with Gasteiger partial charge < -0.3 is 4.74 Å². The van der Waals surface area contributed by atoms with E-state index < -0.39 is 0 Å². The summed E-state index contributed by atoms with van der Waals surface area (Å²) in [5, 5.41) is 9.95. The minimum absolute atomic E-state index is 0.000862. The van der Waals surface area contributed by atoms with Crippen molar-refractivity contribution in [3.8, 4) is 17.1 Å². The van der Waals surface area contributed by atoms with Gasteiger partial charge in [-0.15, -0.1) is 10.2 Å². The van der Waals surface area contributed by atoms with Crippen molar-refractivity contribution >= 4 is 11.8 Å². The van der Waals surface area contributed by atoms with E-state index in [2.05, 4.69) is 88.9 Å². The molecule has 0 fully saturated rings. The van der Waals surface area contributed by atoms with E-state index in [0.717, 1.165) is 29.5 Å². The lowest BCUT2D eigenvalue weighted by molar-refractivity contribution is 0.158. The van der Waals surface area contributed by atoms with Crippen molar-refractivity contribution < 1.29 is 9.13 Å².